The molecule has 10 heteroatoms. The molecule has 306 valence electrons. The molecule has 0 aromatic rings. The van der Waals surface area contributed by atoms with Gasteiger partial charge < -0.3 is 39.4 Å². The van der Waals surface area contributed by atoms with Crippen molar-refractivity contribution in [2.24, 2.45) is 0 Å². The maximum absolute atomic E-state index is 12.7. The maximum Gasteiger partial charge on any atom is 0.306 e. The van der Waals surface area contributed by atoms with Gasteiger partial charge in [-0.2, -0.15) is 0 Å². The van der Waals surface area contributed by atoms with E-state index in [1.165, 1.54) is 96.3 Å². The van der Waals surface area contributed by atoms with Crippen molar-refractivity contribution in [3.05, 3.63) is 12.2 Å². The highest BCUT2D eigenvalue weighted by molar-refractivity contribution is 5.70. The Hall–Kier alpha value is -1.56. The fourth-order valence-electron chi connectivity index (χ4n) is 6.48. The van der Waals surface area contributed by atoms with E-state index in [2.05, 4.69) is 26.0 Å². The third-order valence-electron chi connectivity index (χ3n) is 9.90. The van der Waals surface area contributed by atoms with Crippen molar-refractivity contribution >= 4 is 11.9 Å². The Kier molecular flexibility index (Phi) is 31.7. The van der Waals surface area contributed by atoms with Crippen LogP contribution in [-0.2, 0) is 28.5 Å². The summed E-state index contributed by atoms with van der Waals surface area (Å²) in [6.45, 7) is 3.40. The van der Waals surface area contributed by atoms with Gasteiger partial charge in [0.15, 0.2) is 12.4 Å². The number of hydrogen-bond acceptors (Lipinski definition) is 10. The van der Waals surface area contributed by atoms with Gasteiger partial charge >= 0.3 is 11.9 Å². The maximum atomic E-state index is 12.7. The Balaban J connectivity index is 2.35. The second kappa shape index (κ2) is 34.0. The summed E-state index contributed by atoms with van der Waals surface area (Å²) in [5, 5.41) is 40.0. The fraction of sp³-hybridized carbons (Fsp3) is 0.905. The van der Waals surface area contributed by atoms with E-state index < -0.39 is 49.4 Å². The summed E-state index contributed by atoms with van der Waals surface area (Å²) >= 11 is 0. The van der Waals surface area contributed by atoms with Gasteiger partial charge in [-0.1, -0.05) is 148 Å². The molecular formula is C42H78O10. The summed E-state index contributed by atoms with van der Waals surface area (Å²) in [6.07, 6.45) is 26.4. The molecule has 0 bridgehead atoms. The third-order valence-corrected chi connectivity index (χ3v) is 9.90. The van der Waals surface area contributed by atoms with Gasteiger partial charge in [0.25, 0.3) is 0 Å². The van der Waals surface area contributed by atoms with Crippen molar-refractivity contribution in [2.75, 3.05) is 19.8 Å². The summed E-state index contributed by atoms with van der Waals surface area (Å²) in [5.74, 6) is -0.810. The predicted octanol–water partition coefficient (Wildman–Crippen LogP) is 8.39. The molecule has 6 atom stereocenters. The van der Waals surface area contributed by atoms with Crippen LogP contribution < -0.4 is 0 Å². The number of carbonyl (C=O) groups is 2. The summed E-state index contributed by atoms with van der Waals surface area (Å²) < 4.78 is 22.1. The monoisotopic (exact) mass is 743 g/mol. The van der Waals surface area contributed by atoms with E-state index in [1.54, 1.807) is 0 Å². The summed E-state index contributed by atoms with van der Waals surface area (Å²) in [6, 6.07) is 0. The minimum Gasteiger partial charge on any atom is -0.462 e. The van der Waals surface area contributed by atoms with Crippen molar-refractivity contribution < 1.29 is 49.0 Å². The number of aliphatic hydroxyl groups excluding tert-OH is 4. The summed E-state index contributed by atoms with van der Waals surface area (Å²) in [5.41, 5.74) is 0. The molecule has 1 saturated heterocycles. The average molecular weight is 743 g/mol. The van der Waals surface area contributed by atoms with Crippen LogP contribution in [0.15, 0.2) is 12.2 Å². The zero-order chi connectivity index (χ0) is 38.1. The highest BCUT2D eigenvalue weighted by Crippen LogP contribution is 2.22. The van der Waals surface area contributed by atoms with Crippen LogP contribution in [-0.4, -0.2) is 89.0 Å². The highest BCUT2D eigenvalue weighted by atomic mass is 16.7. The first-order valence-electron chi connectivity index (χ1n) is 21.3. The lowest BCUT2D eigenvalue weighted by Crippen LogP contribution is -2.59. The SMILES string of the molecule is CCCCCC/C=C/CCCCCCCC(=O)O[C@@H](COC(=O)CCCCCCCCCCCCCCCC)CO[C@H]1O[C@@H](CO)[C@@H](O)C(O)C1O. The van der Waals surface area contributed by atoms with Gasteiger partial charge in [-0.25, -0.2) is 0 Å². The Morgan fingerprint density at radius 3 is 1.52 bits per heavy atom. The first kappa shape index (κ1) is 48.5. The number of rotatable bonds is 35. The van der Waals surface area contributed by atoms with E-state index in [4.69, 9.17) is 18.9 Å². The van der Waals surface area contributed by atoms with Crippen LogP contribution in [0.5, 0.6) is 0 Å². The number of carbonyl (C=O) groups excluding carboxylic acids is 2. The smallest absolute Gasteiger partial charge is 0.306 e. The molecule has 2 unspecified atom stereocenters. The van der Waals surface area contributed by atoms with Gasteiger partial charge in [0, 0.05) is 12.8 Å². The second-order valence-corrected chi connectivity index (χ2v) is 14.8. The largest absolute Gasteiger partial charge is 0.462 e. The molecule has 0 radical (unpaired) electrons. The molecule has 0 saturated carbocycles. The lowest BCUT2D eigenvalue weighted by molar-refractivity contribution is -0.305. The Bertz CT molecular complexity index is 866. The number of esters is 2. The van der Waals surface area contributed by atoms with E-state index in [0.29, 0.717) is 6.42 Å². The van der Waals surface area contributed by atoms with E-state index in [0.717, 1.165) is 57.8 Å². The third kappa shape index (κ3) is 25.5. The molecule has 0 spiro atoms. The van der Waals surface area contributed by atoms with Crippen LogP contribution >= 0.6 is 0 Å². The van der Waals surface area contributed by atoms with E-state index in [9.17, 15) is 30.0 Å². The Labute approximate surface area is 316 Å². The summed E-state index contributed by atoms with van der Waals surface area (Å²) in [4.78, 5) is 25.2. The Morgan fingerprint density at radius 2 is 1.02 bits per heavy atom. The number of hydrogen-bond donors (Lipinski definition) is 4. The van der Waals surface area contributed by atoms with Gasteiger partial charge in [-0.3, -0.25) is 9.59 Å². The molecule has 1 heterocycles. The molecule has 1 rings (SSSR count). The lowest BCUT2D eigenvalue weighted by Gasteiger charge is -2.39. The van der Waals surface area contributed by atoms with Crippen LogP contribution in [0.1, 0.15) is 187 Å². The van der Waals surface area contributed by atoms with Gasteiger partial charge in [0.2, 0.25) is 0 Å². The molecule has 1 aliphatic heterocycles. The van der Waals surface area contributed by atoms with Crippen LogP contribution in [0.4, 0.5) is 0 Å². The van der Waals surface area contributed by atoms with E-state index in [1.807, 2.05) is 0 Å². The number of unbranched alkanes of at least 4 members (excludes halogenated alkanes) is 22. The van der Waals surface area contributed by atoms with Crippen LogP contribution in [0.2, 0.25) is 0 Å². The number of aliphatic hydroxyl groups is 4. The summed E-state index contributed by atoms with van der Waals surface area (Å²) in [7, 11) is 0. The normalized spacial score (nSPS) is 21.1. The molecule has 52 heavy (non-hydrogen) atoms. The van der Waals surface area contributed by atoms with E-state index >= 15 is 0 Å². The average Bonchev–Trinajstić information content (AvgIpc) is 3.14. The zero-order valence-electron chi connectivity index (χ0n) is 33.1. The molecule has 0 aromatic heterocycles. The first-order valence-corrected chi connectivity index (χ1v) is 21.3. The Morgan fingerprint density at radius 1 is 0.577 bits per heavy atom. The van der Waals surface area contributed by atoms with Crippen LogP contribution in [0.25, 0.3) is 0 Å². The van der Waals surface area contributed by atoms with E-state index in [-0.39, 0.29) is 32.0 Å². The minimum atomic E-state index is -1.59. The number of ether oxygens (including phenoxy) is 4. The molecule has 4 N–H and O–H groups in total. The molecular weight excluding hydrogens is 664 g/mol. The van der Waals surface area contributed by atoms with Crippen molar-refractivity contribution in [1.82, 2.24) is 0 Å². The van der Waals surface area contributed by atoms with Crippen LogP contribution in [0.3, 0.4) is 0 Å². The van der Waals surface area contributed by atoms with Crippen molar-refractivity contribution in [3.8, 4) is 0 Å². The standard InChI is InChI=1S/C42H78O10/c1-3-5-7-9-11-13-15-17-19-20-22-24-26-28-30-37(44)49-33-35(34-50-42-41(48)40(47)39(46)36(32-43)52-42)51-38(45)31-29-27-25-23-21-18-16-14-12-10-8-6-4-2/h14,16,35-36,39-43,46-48H,3-13,15,17-34H2,1-2H3/b16-14+/t35-,36-,39+,40?,41?,42-/m0/s1. The highest BCUT2D eigenvalue weighted by Gasteiger charge is 2.44. The molecule has 0 aliphatic carbocycles. The number of allylic oxidation sites excluding steroid dienone is 2. The quantitative estimate of drug-likeness (QED) is 0.0283. The van der Waals surface area contributed by atoms with Crippen molar-refractivity contribution in [1.29, 1.82) is 0 Å². The van der Waals surface area contributed by atoms with Crippen molar-refractivity contribution in [3.63, 3.8) is 0 Å². The predicted molar refractivity (Wildman–Crippen MR) is 206 cm³/mol. The molecule has 0 aromatic carbocycles. The molecule has 10 nitrogen and oxygen atoms in total. The molecule has 0 amide bonds. The van der Waals surface area contributed by atoms with Crippen molar-refractivity contribution in [2.45, 2.75) is 224 Å². The second-order valence-electron chi connectivity index (χ2n) is 14.8. The van der Waals surface area contributed by atoms with Gasteiger partial charge in [0.1, 0.15) is 31.0 Å². The molecule has 1 aliphatic rings. The minimum absolute atomic E-state index is 0.216. The topological polar surface area (TPSA) is 152 Å². The lowest BCUT2D eigenvalue weighted by atomic mass is 9.99. The molecule has 1 fully saturated rings. The van der Waals surface area contributed by atoms with Gasteiger partial charge in [-0.05, 0) is 38.5 Å². The van der Waals surface area contributed by atoms with Gasteiger partial charge in [0.05, 0.1) is 13.2 Å². The van der Waals surface area contributed by atoms with Gasteiger partial charge in [-0.15, -0.1) is 0 Å². The zero-order valence-corrected chi connectivity index (χ0v) is 33.1. The fourth-order valence-corrected chi connectivity index (χ4v) is 6.48. The first-order chi connectivity index (χ1) is 25.3. The van der Waals surface area contributed by atoms with Crippen LogP contribution in [0, 0.1) is 0 Å².